The van der Waals surface area contributed by atoms with Crippen molar-refractivity contribution >= 4 is 14.8 Å². The Morgan fingerprint density at radius 3 is 1.69 bits per heavy atom. The maximum atomic E-state index is 13.6. The van der Waals surface area contributed by atoms with Gasteiger partial charge in [-0.1, -0.05) is 0 Å². The molecule has 1 rings (SSSR count). The van der Waals surface area contributed by atoms with Crippen LogP contribution in [-0.2, 0) is 18.0 Å². The maximum Gasteiger partial charge on any atom is 0.501 e. The number of carbonyl (C=O) groups excluding carboxylic acids is 1. The van der Waals surface area contributed by atoms with E-state index in [1.54, 1.807) is 0 Å². The fourth-order valence-electron chi connectivity index (χ4n) is 2.53. The van der Waals surface area contributed by atoms with Gasteiger partial charge in [-0.3, -0.25) is 0 Å². The van der Waals surface area contributed by atoms with E-state index in [1.165, 1.54) is 7.11 Å². The Labute approximate surface area is 167 Å². The van der Waals surface area contributed by atoms with Gasteiger partial charge in [0.1, 0.15) is 5.56 Å². The van der Waals surface area contributed by atoms with Gasteiger partial charge in [-0.15, -0.1) is 0 Å². The summed E-state index contributed by atoms with van der Waals surface area (Å²) in [5.74, 6) is -12.8. The van der Waals surface area contributed by atoms with Gasteiger partial charge in [-0.25, -0.2) is 26.7 Å². The van der Waals surface area contributed by atoms with E-state index in [0.717, 1.165) is 0 Å². The number of halogens is 5. The molecule has 0 amide bonds. The molecule has 0 saturated carbocycles. The predicted octanol–water partition coefficient (Wildman–Crippen LogP) is 4.75. The minimum absolute atomic E-state index is 0.146. The van der Waals surface area contributed by atoms with Crippen molar-refractivity contribution in [3.8, 4) is 0 Å². The molecule has 0 aromatic heterocycles. The van der Waals surface area contributed by atoms with E-state index >= 15 is 0 Å². The van der Waals surface area contributed by atoms with Gasteiger partial charge < -0.3 is 18.0 Å². The highest BCUT2D eigenvalue weighted by Gasteiger charge is 2.41. The molecule has 0 aliphatic heterocycles. The van der Waals surface area contributed by atoms with E-state index in [1.807, 2.05) is 27.7 Å². The molecule has 1 aromatic carbocycles. The first-order chi connectivity index (χ1) is 13.5. The summed E-state index contributed by atoms with van der Waals surface area (Å²) >= 11 is 0. The number of benzene rings is 1. The number of esters is 1. The molecular weight excluding hydrogens is 419 g/mol. The van der Waals surface area contributed by atoms with Crippen LogP contribution in [-0.4, -0.2) is 40.7 Å². The zero-order valence-electron chi connectivity index (χ0n) is 16.9. The predicted molar refractivity (Wildman–Crippen MR) is 95.8 cm³/mol. The number of hydrogen-bond acceptors (Lipinski definition) is 5. The summed E-state index contributed by atoms with van der Waals surface area (Å²) in [6.07, 6.45) is 0.367. The van der Waals surface area contributed by atoms with Gasteiger partial charge in [0.2, 0.25) is 5.82 Å². The Balaban J connectivity index is 2.69. The van der Waals surface area contributed by atoms with Crippen LogP contribution in [0.2, 0.25) is 6.04 Å². The third-order valence-electron chi connectivity index (χ3n) is 3.67. The highest BCUT2D eigenvalue weighted by atomic mass is 28.4. The Morgan fingerprint density at radius 1 is 0.828 bits per heavy atom. The lowest BCUT2D eigenvalue weighted by Gasteiger charge is -2.31. The van der Waals surface area contributed by atoms with Gasteiger partial charge in [0.25, 0.3) is 0 Å². The molecule has 0 unspecified atom stereocenters. The molecule has 0 N–H and O–H groups in total. The second-order valence-electron chi connectivity index (χ2n) is 6.76. The summed E-state index contributed by atoms with van der Waals surface area (Å²) in [7, 11) is -1.50. The van der Waals surface area contributed by atoms with Gasteiger partial charge in [-0.2, -0.15) is 0 Å². The highest BCUT2D eigenvalue weighted by molar-refractivity contribution is 6.60. The summed E-state index contributed by atoms with van der Waals surface area (Å²) in [5, 5.41) is 0. The van der Waals surface area contributed by atoms with Crippen molar-refractivity contribution in [3.05, 3.63) is 34.6 Å². The number of hydrogen-bond donors (Lipinski definition) is 0. The zero-order chi connectivity index (χ0) is 22.4. The second-order valence-corrected chi connectivity index (χ2v) is 9.50. The number of ether oxygens (including phenoxy) is 1. The average molecular weight is 444 g/mol. The topological polar surface area (TPSA) is 54.0 Å². The van der Waals surface area contributed by atoms with Crippen LogP contribution < -0.4 is 0 Å². The molecule has 0 aliphatic carbocycles. The molecule has 0 fully saturated rings. The molecule has 0 bridgehead atoms. The van der Waals surface area contributed by atoms with Crippen LogP contribution in [0, 0.1) is 29.1 Å². The molecule has 29 heavy (non-hydrogen) atoms. The summed E-state index contributed by atoms with van der Waals surface area (Å²) in [6, 6.07) is 0.389. The molecule has 0 heterocycles. The molecule has 11 heteroatoms. The molecule has 166 valence electrons. The first-order valence-corrected chi connectivity index (χ1v) is 11.0. The summed E-state index contributed by atoms with van der Waals surface area (Å²) in [5.41, 5.74) is -1.62. The van der Waals surface area contributed by atoms with Crippen molar-refractivity contribution < 1.29 is 44.8 Å². The lowest BCUT2D eigenvalue weighted by atomic mass is 10.1. The minimum Gasteiger partial charge on any atom is -0.462 e. The summed E-state index contributed by atoms with van der Waals surface area (Å²) in [6.45, 7) is 7.02. The van der Waals surface area contributed by atoms with Crippen molar-refractivity contribution in [1.82, 2.24) is 0 Å². The normalized spacial score (nSPS) is 12.1. The molecule has 0 radical (unpaired) electrons. The monoisotopic (exact) mass is 444 g/mol. The van der Waals surface area contributed by atoms with Crippen LogP contribution in [0.1, 0.15) is 50.9 Å². The van der Waals surface area contributed by atoms with E-state index in [0.29, 0.717) is 12.5 Å². The van der Waals surface area contributed by atoms with Gasteiger partial charge in [0, 0.05) is 25.4 Å². The largest absolute Gasteiger partial charge is 0.501 e. The lowest BCUT2D eigenvalue weighted by molar-refractivity contribution is 0.0317. The number of carbonyl (C=O) groups is 1. The van der Waals surface area contributed by atoms with Gasteiger partial charge in [0.05, 0.1) is 6.61 Å². The van der Waals surface area contributed by atoms with Gasteiger partial charge in [0.15, 0.2) is 23.3 Å². The molecule has 1 aromatic rings. The maximum absolute atomic E-state index is 13.6. The number of unbranched alkanes of at least 4 members (excludes halogenated alkanes) is 1. The highest BCUT2D eigenvalue weighted by Crippen LogP contribution is 2.24. The SMILES string of the molecule is CO[Si](CCCCOC(=O)c1c(F)c(F)c(F)c(F)c1F)(OC(C)C)OC(C)C. The Bertz CT molecular complexity index is 675. The molecule has 0 aliphatic rings. The molecular formula is C18H25F5O5Si. The van der Waals surface area contributed by atoms with Crippen LogP contribution in [0.25, 0.3) is 0 Å². The molecule has 5 nitrogen and oxygen atoms in total. The molecule has 0 atom stereocenters. The van der Waals surface area contributed by atoms with E-state index < -0.39 is 49.4 Å². The van der Waals surface area contributed by atoms with Crippen molar-refractivity contribution in [2.45, 2.75) is 58.8 Å². The van der Waals surface area contributed by atoms with Crippen LogP contribution in [0.4, 0.5) is 22.0 Å². The van der Waals surface area contributed by atoms with Crippen molar-refractivity contribution in [1.29, 1.82) is 0 Å². The Hall–Kier alpha value is -1.56. The Morgan fingerprint density at radius 2 is 1.28 bits per heavy atom. The van der Waals surface area contributed by atoms with Crippen LogP contribution in [0.3, 0.4) is 0 Å². The fraction of sp³-hybridized carbons (Fsp3) is 0.611. The summed E-state index contributed by atoms with van der Waals surface area (Å²) in [4.78, 5) is 11.8. The number of rotatable bonds is 11. The lowest BCUT2D eigenvalue weighted by Crippen LogP contribution is -2.48. The van der Waals surface area contributed by atoms with E-state index in [4.69, 9.17) is 13.3 Å². The van der Waals surface area contributed by atoms with Crippen LogP contribution in [0.5, 0.6) is 0 Å². The summed E-state index contributed by atoms with van der Waals surface area (Å²) < 4.78 is 88.4. The third kappa shape index (κ3) is 6.73. The van der Waals surface area contributed by atoms with E-state index in [9.17, 15) is 26.7 Å². The molecule has 0 spiro atoms. The van der Waals surface area contributed by atoms with Gasteiger partial charge >= 0.3 is 14.8 Å². The average Bonchev–Trinajstić information content (AvgIpc) is 2.63. The van der Waals surface area contributed by atoms with Crippen molar-refractivity contribution in [2.75, 3.05) is 13.7 Å². The minimum atomic E-state index is -2.98. The fourth-order valence-corrected chi connectivity index (χ4v) is 5.33. The van der Waals surface area contributed by atoms with Crippen LogP contribution >= 0.6 is 0 Å². The second kappa shape index (κ2) is 11.0. The van der Waals surface area contributed by atoms with E-state index in [2.05, 4.69) is 4.74 Å². The van der Waals surface area contributed by atoms with Gasteiger partial charge in [-0.05, 0) is 40.5 Å². The van der Waals surface area contributed by atoms with Crippen LogP contribution in [0.15, 0.2) is 0 Å². The first-order valence-electron chi connectivity index (χ1n) is 9.05. The Kier molecular flexibility index (Phi) is 9.66. The van der Waals surface area contributed by atoms with Crippen molar-refractivity contribution in [2.24, 2.45) is 0 Å². The quantitative estimate of drug-likeness (QED) is 0.123. The smallest absolute Gasteiger partial charge is 0.462 e. The van der Waals surface area contributed by atoms with E-state index in [-0.39, 0.29) is 25.2 Å². The third-order valence-corrected chi connectivity index (χ3v) is 6.91. The zero-order valence-corrected chi connectivity index (χ0v) is 17.9. The van der Waals surface area contributed by atoms with Crippen molar-refractivity contribution in [3.63, 3.8) is 0 Å². The molecule has 0 saturated heterocycles. The first kappa shape index (κ1) is 25.5. The standard InChI is InChI=1S/C18H25F5O5Si/c1-10(2)27-29(25-5,28-11(3)4)9-7-6-8-26-18(24)12-13(19)15(21)17(23)16(22)14(12)20/h10-11H,6-9H2,1-5H3.